The molecule has 3 atom stereocenters. The number of benzene rings is 1. The molecule has 5 rings (SSSR count). The predicted molar refractivity (Wildman–Crippen MR) is 110 cm³/mol. The lowest BCUT2D eigenvalue weighted by molar-refractivity contribution is -0.137. The number of urea groups is 1. The van der Waals surface area contributed by atoms with E-state index >= 15 is 0 Å². The highest BCUT2D eigenvalue weighted by Crippen LogP contribution is 2.55. The molecule has 1 N–H and O–H groups in total. The van der Waals surface area contributed by atoms with Gasteiger partial charge in [0.25, 0.3) is 0 Å². The number of hydrogen-bond acceptors (Lipinski definition) is 6. The molecule has 2 amide bonds. The van der Waals surface area contributed by atoms with Gasteiger partial charge in [-0.05, 0) is 37.0 Å². The van der Waals surface area contributed by atoms with E-state index in [1.165, 1.54) is 23.1 Å². The minimum absolute atomic E-state index is 0.00710. The monoisotopic (exact) mass is 461 g/mol. The zero-order valence-electron chi connectivity index (χ0n) is 18.2. The Hall–Kier alpha value is -3.44. The van der Waals surface area contributed by atoms with E-state index in [9.17, 15) is 18.0 Å². The number of nitrogens with one attached hydrogen (secondary N) is 1. The molecule has 2 bridgehead atoms. The van der Waals surface area contributed by atoms with E-state index in [1.54, 1.807) is 18.9 Å². The first-order valence-corrected chi connectivity index (χ1v) is 10.5. The van der Waals surface area contributed by atoms with Crippen LogP contribution in [0.1, 0.15) is 43.5 Å². The molecule has 1 aliphatic heterocycles. The molecule has 1 aromatic carbocycles. The highest BCUT2D eigenvalue weighted by molar-refractivity contribution is 5.92. The molecule has 0 spiro atoms. The van der Waals surface area contributed by atoms with Crippen LogP contribution in [0, 0.1) is 12.8 Å². The van der Waals surface area contributed by atoms with Crippen LogP contribution in [0.2, 0.25) is 0 Å². The maximum atomic E-state index is 13.6. The van der Waals surface area contributed by atoms with Crippen LogP contribution in [0.3, 0.4) is 0 Å². The minimum atomic E-state index is -4.60. The van der Waals surface area contributed by atoms with Crippen LogP contribution in [0.5, 0.6) is 0 Å². The van der Waals surface area contributed by atoms with Crippen molar-refractivity contribution in [3.05, 3.63) is 41.9 Å². The number of aromatic nitrogens is 5. The van der Waals surface area contributed by atoms with E-state index in [4.69, 9.17) is 4.42 Å². The van der Waals surface area contributed by atoms with Crippen molar-refractivity contribution in [3.8, 4) is 11.4 Å². The van der Waals surface area contributed by atoms with Gasteiger partial charge in [-0.15, -0.1) is 10.2 Å². The lowest BCUT2D eigenvalue weighted by atomic mass is 9.64. The molecule has 1 saturated heterocycles. The number of fused-ring (bicyclic) bond motifs is 2. The summed E-state index contributed by atoms with van der Waals surface area (Å²) in [7, 11) is 1.57. The molecule has 9 nitrogen and oxygen atoms in total. The van der Waals surface area contributed by atoms with E-state index in [0.29, 0.717) is 30.5 Å². The fraction of sp³-hybridized carbons (Fsp3) is 0.476. The van der Waals surface area contributed by atoms with Crippen LogP contribution >= 0.6 is 0 Å². The van der Waals surface area contributed by atoms with Crippen LogP contribution in [-0.4, -0.2) is 41.9 Å². The predicted octanol–water partition coefficient (Wildman–Crippen LogP) is 4.12. The molecule has 2 aromatic heterocycles. The number of rotatable bonds is 3. The first-order valence-electron chi connectivity index (χ1n) is 10.5. The van der Waals surface area contributed by atoms with Crippen molar-refractivity contribution in [3.63, 3.8) is 0 Å². The van der Waals surface area contributed by atoms with Gasteiger partial charge < -0.3 is 14.6 Å². The number of anilines is 1. The second-order valence-electron chi connectivity index (χ2n) is 8.86. The lowest BCUT2D eigenvalue weighted by Gasteiger charge is -2.61. The number of alkyl halides is 3. The van der Waals surface area contributed by atoms with Gasteiger partial charge in [-0.25, -0.2) is 9.78 Å². The smallest absolute Gasteiger partial charge is 0.417 e. The third kappa shape index (κ3) is 3.53. The second kappa shape index (κ2) is 7.29. The van der Waals surface area contributed by atoms with E-state index < -0.39 is 23.3 Å². The number of likely N-dealkylation sites (tertiary alicyclic amines) is 1. The van der Waals surface area contributed by atoms with Crippen LogP contribution in [0.25, 0.3) is 11.4 Å². The zero-order valence-corrected chi connectivity index (χ0v) is 18.2. The van der Waals surface area contributed by atoms with E-state index in [-0.39, 0.29) is 23.1 Å². The van der Waals surface area contributed by atoms with Gasteiger partial charge in [0.15, 0.2) is 5.82 Å². The van der Waals surface area contributed by atoms with Crippen LogP contribution in [0.15, 0.2) is 28.9 Å². The fourth-order valence-electron chi connectivity index (χ4n) is 5.13. The first-order chi connectivity index (χ1) is 15.6. The average molecular weight is 461 g/mol. The van der Waals surface area contributed by atoms with Gasteiger partial charge >= 0.3 is 12.2 Å². The summed E-state index contributed by atoms with van der Waals surface area (Å²) in [5.41, 5.74) is -1.57. The molecular formula is C21H22F3N7O2. The van der Waals surface area contributed by atoms with E-state index in [1.807, 2.05) is 0 Å². The number of carbonyl (C=O) groups excluding carboxylic acids is 1. The minimum Gasteiger partial charge on any atom is -0.423 e. The lowest BCUT2D eigenvalue weighted by Crippen LogP contribution is -2.70. The Morgan fingerprint density at radius 3 is 2.70 bits per heavy atom. The molecule has 2 fully saturated rings. The standard InChI is InChI=1S/C21H22F3N7O2/c1-11-6-14-9-20(8-11,18-28-27-12(2)33-18)31(14)19(32)26-13-4-5-16(21(22,23)24)15(7-13)17-25-10-30(3)29-17/h4-5,7,10-11,14H,6,8-9H2,1-3H3,(H,26,32)/t11-,14-,20+/m0/s1. The topological polar surface area (TPSA) is 102 Å². The van der Waals surface area contributed by atoms with Crippen molar-refractivity contribution in [1.82, 2.24) is 29.9 Å². The van der Waals surface area contributed by atoms with Crippen LogP contribution in [0.4, 0.5) is 23.7 Å². The molecule has 174 valence electrons. The van der Waals surface area contributed by atoms with Gasteiger partial charge in [0.2, 0.25) is 11.8 Å². The molecule has 2 aliphatic rings. The molecule has 0 radical (unpaired) electrons. The number of amides is 2. The number of hydrogen-bond donors (Lipinski definition) is 1. The molecule has 3 heterocycles. The Labute approximate surface area is 187 Å². The Kier molecular flexibility index (Phi) is 4.73. The summed E-state index contributed by atoms with van der Waals surface area (Å²) in [6.45, 7) is 3.80. The zero-order chi connectivity index (χ0) is 23.5. The summed E-state index contributed by atoms with van der Waals surface area (Å²) in [6.07, 6.45) is -1.06. The molecule has 3 aromatic rings. The third-order valence-corrected chi connectivity index (χ3v) is 6.32. The maximum absolute atomic E-state index is 13.6. The Morgan fingerprint density at radius 2 is 2.06 bits per heavy atom. The highest BCUT2D eigenvalue weighted by atomic mass is 19.4. The van der Waals surface area contributed by atoms with Gasteiger partial charge in [0, 0.05) is 37.7 Å². The van der Waals surface area contributed by atoms with Gasteiger partial charge in [-0.2, -0.15) is 18.3 Å². The van der Waals surface area contributed by atoms with E-state index in [0.717, 1.165) is 12.5 Å². The second-order valence-corrected chi connectivity index (χ2v) is 8.86. The van der Waals surface area contributed by atoms with Crippen molar-refractivity contribution in [2.75, 3.05) is 5.32 Å². The summed E-state index contributed by atoms with van der Waals surface area (Å²) >= 11 is 0. The highest BCUT2D eigenvalue weighted by Gasteiger charge is 2.62. The summed E-state index contributed by atoms with van der Waals surface area (Å²) in [6, 6.07) is 2.98. The van der Waals surface area contributed by atoms with Crippen molar-refractivity contribution in [1.29, 1.82) is 0 Å². The molecular weight excluding hydrogens is 439 g/mol. The number of halogens is 3. The summed E-state index contributed by atoms with van der Waals surface area (Å²) in [4.78, 5) is 18.9. The SMILES string of the molecule is Cc1nnc([C@@]23C[C@@H](C)C[C@@H](C2)N3C(=O)Nc2ccc(C(F)(F)F)c(-c3ncn(C)n3)c2)o1. The first kappa shape index (κ1) is 21.4. The third-order valence-electron chi connectivity index (χ3n) is 6.32. The van der Waals surface area contributed by atoms with Gasteiger partial charge in [0.1, 0.15) is 11.9 Å². The van der Waals surface area contributed by atoms with Gasteiger partial charge in [-0.1, -0.05) is 6.92 Å². The Bertz CT molecular complexity index is 1220. The number of nitrogens with zero attached hydrogens (tertiary/aromatic N) is 6. The summed E-state index contributed by atoms with van der Waals surface area (Å²) in [5, 5.41) is 14.8. The van der Waals surface area contributed by atoms with Crippen molar-refractivity contribution in [2.24, 2.45) is 13.0 Å². The van der Waals surface area contributed by atoms with Gasteiger partial charge in [-0.3, -0.25) is 4.68 Å². The Morgan fingerprint density at radius 1 is 1.27 bits per heavy atom. The molecule has 1 saturated carbocycles. The van der Waals surface area contributed by atoms with Crippen molar-refractivity contribution < 1.29 is 22.4 Å². The van der Waals surface area contributed by atoms with E-state index in [2.05, 4.69) is 32.5 Å². The van der Waals surface area contributed by atoms with Crippen molar-refractivity contribution >= 4 is 11.7 Å². The number of aryl methyl sites for hydroxylation is 2. The summed E-state index contributed by atoms with van der Waals surface area (Å²) < 4.78 is 47.7. The average Bonchev–Trinajstić information content (AvgIpc) is 3.35. The fourth-order valence-corrected chi connectivity index (χ4v) is 5.13. The summed E-state index contributed by atoms with van der Waals surface area (Å²) in [5.74, 6) is 1.10. The number of piperidine rings is 1. The molecule has 33 heavy (non-hydrogen) atoms. The van der Waals surface area contributed by atoms with Gasteiger partial charge in [0.05, 0.1) is 5.56 Å². The molecule has 12 heteroatoms. The normalized spacial score (nSPS) is 24.5. The Balaban J connectivity index is 1.46. The van der Waals surface area contributed by atoms with Crippen LogP contribution < -0.4 is 5.32 Å². The molecule has 1 aliphatic carbocycles. The maximum Gasteiger partial charge on any atom is 0.417 e. The largest absolute Gasteiger partial charge is 0.423 e. The molecule has 0 unspecified atom stereocenters. The van der Waals surface area contributed by atoms with Crippen molar-refractivity contribution in [2.45, 2.75) is 50.9 Å². The number of carbonyl (C=O) groups is 1. The van der Waals surface area contributed by atoms with Crippen LogP contribution in [-0.2, 0) is 18.8 Å². The quantitative estimate of drug-likeness (QED) is 0.630.